The molecule has 0 amide bonds. The van der Waals surface area contributed by atoms with Crippen LogP contribution in [0.25, 0.3) is 0 Å². The first-order valence-corrected chi connectivity index (χ1v) is 5.38. The molecule has 0 aromatic heterocycles. The highest BCUT2D eigenvalue weighted by atomic mass is 16.5. The molecule has 0 bridgehead atoms. The van der Waals surface area contributed by atoms with E-state index >= 15 is 0 Å². The molecule has 0 fully saturated rings. The fourth-order valence-corrected chi connectivity index (χ4v) is 1.08. The van der Waals surface area contributed by atoms with Crippen LogP contribution >= 0.6 is 0 Å². The number of rotatable bonds is 7. The molecule has 0 radical (unpaired) electrons. The molecule has 0 unspecified atom stereocenters. The molecule has 0 spiro atoms. The fourth-order valence-electron chi connectivity index (χ4n) is 1.08. The average Bonchev–Trinajstić information content (AvgIpc) is 2.21. The van der Waals surface area contributed by atoms with Gasteiger partial charge in [-0.2, -0.15) is 0 Å². The highest BCUT2D eigenvalue weighted by Crippen LogP contribution is 1.89. The zero-order valence-electron chi connectivity index (χ0n) is 9.62. The Morgan fingerprint density at radius 1 is 1.36 bits per heavy atom. The van der Waals surface area contributed by atoms with Gasteiger partial charge in [-0.15, -0.1) is 0 Å². The Morgan fingerprint density at radius 2 is 2.07 bits per heavy atom. The first-order chi connectivity index (χ1) is 6.76. The van der Waals surface area contributed by atoms with Crippen molar-refractivity contribution in [3.63, 3.8) is 0 Å². The molecule has 0 heterocycles. The fraction of sp³-hybridized carbons (Fsp3) is 0.900. The number of nitrogens with two attached hydrogens (primary N) is 1. The van der Waals surface area contributed by atoms with E-state index in [1.807, 2.05) is 11.8 Å². The summed E-state index contributed by atoms with van der Waals surface area (Å²) in [5.74, 6) is 0.633. The Hall–Kier alpha value is -0.770. The van der Waals surface area contributed by atoms with Crippen LogP contribution in [0.3, 0.4) is 0 Å². The third kappa shape index (κ3) is 5.80. The standard InChI is InChI=1S/C10H23N3O/c1-4-7-12-10(11)13(5-2)8-9-14-6-3/h4-9H2,1-3H3,(H2,11,12). The summed E-state index contributed by atoms with van der Waals surface area (Å²) in [6.07, 6.45) is 1.03. The van der Waals surface area contributed by atoms with Gasteiger partial charge in [0.25, 0.3) is 0 Å². The zero-order chi connectivity index (χ0) is 10.8. The van der Waals surface area contributed by atoms with Gasteiger partial charge in [-0.1, -0.05) is 6.92 Å². The molecular weight excluding hydrogens is 178 g/mol. The topological polar surface area (TPSA) is 50.8 Å². The Bertz CT molecular complexity index is 159. The maximum Gasteiger partial charge on any atom is 0.191 e. The first kappa shape index (κ1) is 13.2. The van der Waals surface area contributed by atoms with E-state index in [9.17, 15) is 0 Å². The van der Waals surface area contributed by atoms with Crippen molar-refractivity contribution in [2.24, 2.45) is 10.7 Å². The molecule has 0 aromatic carbocycles. The van der Waals surface area contributed by atoms with Crippen LogP contribution in [-0.4, -0.2) is 43.7 Å². The molecule has 0 aliphatic rings. The summed E-state index contributed by atoms with van der Waals surface area (Å²) >= 11 is 0. The van der Waals surface area contributed by atoms with E-state index in [1.165, 1.54) is 0 Å². The van der Waals surface area contributed by atoms with Gasteiger partial charge in [-0.3, -0.25) is 4.99 Å². The molecule has 2 N–H and O–H groups in total. The third-order valence-corrected chi connectivity index (χ3v) is 1.91. The number of hydrogen-bond acceptors (Lipinski definition) is 2. The second-order valence-electron chi connectivity index (χ2n) is 3.02. The van der Waals surface area contributed by atoms with E-state index in [0.717, 1.165) is 32.7 Å². The van der Waals surface area contributed by atoms with Crippen LogP contribution in [0.2, 0.25) is 0 Å². The predicted octanol–water partition coefficient (Wildman–Crippen LogP) is 1.07. The lowest BCUT2D eigenvalue weighted by Gasteiger charge is -2.21. The minimum atomic E-state index is 0.633. The predicted molar refractivity (Wildman–Crippen MR) is 60.5 cm³/mol. The molecule has 0 aliphatic carbocycles. The van der Waals surface area contributed by atoms with Gasteiger partial charge in [0.05, 0.1) is 6.61 Å². The lowest BCUT2D eigenvalue weighted by Crippen LogP contribution is -2.39. The minimum Gasteiger partial charge on any atom is -0.380 e. The summed E-state index contributed by atoms with van der Waals surface area (Å²) in [7, 11) is 0. The van der Waals surface area contributed by atoms with Crippen molar-refractivity contribution in [2.75, 3.05) is 32.8 Å². The molecule has 0 saturated heterocycles. The largest absolute Gasteiger partial charge is 0.380 e. The van der Waals surface area contributed by atoms with Crippen LogP contribution in [0.5, 0.6) is 0 Å². The van der Waals surface area contributed by atoms with Gasteiger partial charge in [0.1, 0.15) is 0 Å². The van der Waals surface area contributed by atoms with Crippen LogP contribution in [0.15, 0.2) is 4.99 Å². The SMILES string of the molecule is CCCN=C(N)N(CC)CCOCC. The first-order valence-electron chi connectivity index (χ1n) is 5.38. The van der Waals surface area contributed by atoms with Gasteiger partial charge in [-0.25, -0.2) is 0 Å². The quantitative estimate of drug-likeness (QED) is 0.381. The lowest BCUT2D eigenvalue weighted by atomic mass is 10.5. The lowest BCUT2D eigenvalue weighted by molar-refractivity contribution is 0.133. The number of likely N-dealkylation sites (N-methyl/N-ethyl adjacent to an activating group) is 1. The van der Waals surface area contributed by atoms with Gasteiger partial charge in [0.2, 0.25) is 0 Å². The van der Waals surface area contributed by atoms with Crippen molar-refractivity contribution in [1.29, 1.82) is 0 Å². The van der Waals surface area contributed by atoms with Crippen LogP contribution in [0.4, 0.5) is 0 Å². The van der Waals surface area contributed by atoms with Gasteiger partial charge in [-0.05, 0) is 20.3 Å². The van der Waals surface area contributed by atoms with Crippen LogP contribution in [0, 0.1) is 0 Å². The molecular formula is C10H23N3O. The molecule has 0 aliphatic heterocycles. The normalized spacial score (nSPS) is 11.8. The van der Waals surface area contributed by atoms with Gasteiger partial charge in [0.15, 0.2) is 5.96 Å². The highest BCUT2D eigenvalue weighted by Gasteiger charge is 2.03. The van der Waals surface area contributed by atoms with E-state index < -0.39 is 0 Å². The second-order valence-corrected chi connectivity index (χ2v) is 3.02. The van der Waals surface area contributed by atoms with E-state index in [-0.39, 0.29) is 0 Å². The van der Waals surface area contributed by atoms with Crippen molar-refractivity contribution in [3.8, 4) is 0 Å². The van der Waals surface area contributed by atoms with E-state index in [1.54, 1.807) is 0 Å². The number of aliphatic imine (C=N–C) groups is 1. The highest BCUT2D eigenvalue weighted by molar-refractivity contribution is 5.78. The summed E-state index contributed by atoms with van der Waals surface area (Å²) in [5, 5.41) is 0. The molecule has 14 heavy (non-hydrogen) atoms. The minimum absolute atomic E-state index is 0.633. The van der Waals surface area contributed by atoms with Crippen molar-refractivity contribution in [1.82, 2.24) is 4.90 Å². The van der Waals surface area contributed by atoms with Crippen molar-refractivity contribution < 1.29 is 4.74 Å². The second kappa shape index (κ2) is 8.81. The summed E-state index contributed by atoms with van der Waals surface area (Å²) in [6, 6.07) is 0. The van der Waals surface area contributed by atoms with Gasteiger partial charge >= 0.3 is 0 Å². The van der Waals surface area contributed by atoms with Crippen LogP contribution in [0.1, 0.15) is 27.2 Å². The van der Waals surface area contributed by atoms with Gasteiger partial charge in [0, 0.05) is 26.2 Å². The third-order valence-electron chi connectivity index (χ3n) is 1.91. The summed E-state index contributed by atoms with van der Waals surface area (Å²) in [5.41, 5.74) is 5.82. The maximum absolute atomic E-state index is 5.82. The molecule has 0 aromatic rings. The Morgan fingerprint density at radius 3 is 2.57 bits per heavy atom. The number of guanidine groups is 1. The number of hydrogen-bond donors (Lipinski definition) is 1. The van der Waals surface area contributed by atoms with Crippen LogP contribution < -0.4 is 5.73 Å². The van der Waals surface area contributed by atoms with E-state index in [0.29, 0.717) is 12.6 Å². The summed E-state index contributed by atoms with van der Waals surface area (Å²) in [4.78, 5) is 6.29. The molecule has 0 rings (SSSR count). The Labute approximate surface area is 87.1 Å². The van der Waals surface area contributed by atoms with E-state index in [2.05, 4.69) is 18.8 Å². The molecule has 4 nitrogen and oxygen atoms in total. The molecule has 4 heteroatoms. The van der Waals surface area contributed by atoms with Crippen molar-refractivity contribution in [2.45, 2.75) is 27.2 Å². The Kier molecular flexibility index (Phi) is 8.33. The van der Waals surface area contributed by atoms with E-state index in [4.69, 9.17) is 10.5 Å². The summed E-state index contributed by atoms with van der Waals surface area (Å²) in [6.45, 7) is 10.1. The van der Waals surface area contributed by atoms with Crippen LogP contribution in [-0.2, 0) is 4.74 Å². The van der Waals surface area contributed by atoms with Crippen molar-refractivity contribution >= 4 is 5.96 Å². The average molecular weight is 201 g/mol. The smallest absolute Gasteiger partial charge is 0.191 e. The van der Waals surface area contributed by atoms with Gasteiger partial charge < -0.3 is 15.4 Å². The Balaban J connectivity index is 3.85. The molecule has 0 saturated carbocycles. The number of ether oxygens (including phenoxy) is 1. The van der Waals surface area contributed by atoms with Crippen molar-refractivity contribution in [3.05, 3.63) is 0 Å². The number of nitrogens with zero attached hydrogens (tertiary/aromatic N) is 2. The monoisotopic (exact) mass is 201 g/mol. The maximum atomic E-state index is 5.82. The summed E-state index contributed by atoms with van der Waals surface area (Å²) < 4.78 is 5.27. The molecule has 84 valence electrons. The molecule has 0 atom stereocenters. The zero-order valence-corrected chi connectivity index (χ0v) is 9.62.